The number of Topliss-reactive ketones (excluding diaryl/α,β-unsaturated/α-hetero) is 1. The lowest BCUT2D eigenvalue weighted by molar-refractivity contribution is -0.384. The Labute approximate surface area is 187 Å². The van der Waals surface area contributed by atoms with Gasteiger partial charge in [-0.2, -0.15) is 0 Å². The molecular weight excluding hydrogens is 447 g/mol. The summed E-state index contributed by atoms with van der Waals surface area (Å²) >= 11 is 11.6. The van der Waals surface area contributed by atoms with Crippen molar-refractivity contribution < 1.29 is 24.0 Å². The van der Waals surface area contributed by atoms with Crippen LogP contribution in [0.5, 0.6) is 0 Å². The smallest absolute Gasteiger partial charge is 0.312 e. The van der Waals surface area contributed by atoms with Crippen LogP contribution in [0.3, 0.4) is 0 Å². The molecule has 1 fully saturated rings. The zero-order valence-corrected chi connectivity index (χ0v) is 17.7. The van der Waals surface area contributed by atoms with Crippen LogP contribution in [0.25, 0.3) is 0 Å². The van der Waals surface area contributed by atoms with Gasteiger partial charge < -0.3 is 9.64 Å². The molecule has 31 heavy (non-hydrogen) atoms. The highest BCUT2D eigenvalue weighted by Gasteiger charge is 2.38. The Kier molecular flexibility index (Phi) is 7.25. The number of halogens is 2. The predicted octanol–water partition coefficient (Wildman–Crippen LogP) is 4.02. The summed E-state index contributed by atoms with van der Waals surface area (Å²) in [6.45, 7) is 0.0538. The number of carbonyl (C=O) groups excluding carboxylic acids is 3. The van der Waals surface area contributed by atoms with Crippen LogP contribution in [-0.2, 0) is 14.3 Å². The second kappa shape index (κ2) is 9.89. The van der Waals surface area contributed by atoms with Crippen LogP contribution in [0, 0.1) is 16.0 Å². The Morgan fingerprint density at radius 3 is 2.39 bits per heavy atom. The number of anilines is 1. The van der Waals surface area contributed by atoms with E-state index in [-0.39, 0.29) is 36.9 Å². The number of carbonyl (C=O) groups is 3. The van der Waals surface area contributed by atoms with Crippen molar-refractivity contribution >= 4 is 52.2 Å². The summed E-state index contributed by atoms with van der Waals surface area (Å²) in [7, 11) is 0. The van der Waals surface area contributed by atoms with Gasteiger partial charge in [-0.25, -0.2) is 0 Å². The fourth-order valence-electron chi connectivity index (χ4n) is 3.25. The molecule has 0 spiro atoms. The number of non-ortho nitro benzene ring substituents is 1. The Morgan fingerprint density at radius 1 is 1.16 bits per heavy atom. The van der Waals surface area contributed by atoms with Crippen molar-refractivity contribution in [3.8, 4) is 0 Å². The maximum atomic E-state index is 12.7. The molecule has 2 aromatic carbocycles. The van der Waals surface area contributed by atoms with E-state index in [1.807, 2.05) is 0 Å². The largest absolute Gasteiger partial charge is 0.454 e. The summed E-state index contributed by atoms with van der Waals surface area (Å²) in [5, 5.41) is 11.3. The second-order valence-corrected chi connectivity index (χ2v) is 7.77. The fourth-order valence-corrected chi connectivity index (χ4v) is 3.57. The van der Waals surface area contributed by atoms with Gasteiger partial charge in [0, 0.05) is 53.7 Å². The van der Waals surface area contributed by atoms with E-state index in [9.17, 15) is 24.5 Å². The molecule has 1 aliphatic heterocycles. The zero-order chi connectivity index (χ0) is 22.5. The molecule has 0 bridgehead atoms. The highest BCUT2D eigenvalue weighted by atomic mass is 35.5. The first kappa shape index (κ1) is 22.7. The van der Waals surface area contributed by atoms with Crippen LogP contribution in [0.1, 0.15) is 23.2 Å². The van der Waals surface area contributed by atoms with Crippen LogP contribution in [-0.4, -0.2) is 41.1 Å². The molecule has 0 aliphatic carbocycles. The standard InChI is InChI=1S/C21H18Cl2N2O6/c22-10-9-18(20(27)13-1-3-15(23)4-2-13)31-21(28)14-11-19(26)24(12-14)16-5-7-17(8-6-16)25(29)30/h1-8,14,18H,9-12H2/t14-,18-/m0/s1. The molecule has 2 aromatic rings. The number of rotatable bonds is 8. The molecule has 2 atom stereocenters. The average molecular weight is 465 g/mol. The van der Waals surface area contributed by atoms with E-state index in [2.05, 4.69) is 0 Å². The first-order chi connectivity index (χ1) is 14.8. The van der Waals surface area contributed by atoms with E-state index in [0.29, 0.717) is 16.3 Å². The zero-order valence-electron chi connectivity index (χ0n) is 16.2. The maximum Gasteiger partial charge on any atom is 0.312 e. The molecule has 3 rings (SSSR count). The molecule has 0 radical (unpaired) electrons. The van der Waals surface area contributed by atoms with Gasteiger partial charge >= 0.3 is 5.97 Å². The molecule has 0 unspecified atom stereocenters. The topological polar surface area (TPSA) is 107 Å². The third-order valence-corrected chi connectivity index (χ3v) is 5.35. The molecule has 162 valence electrons. The van der Waals surface area contributed by atoms with E-state index < -0.39 is 28.7 Å². The first-order valence-corrected chi connectivity index (χ1v) is 10.3. The minimum Gasteiger partial charge on any atom is -0.454 e. The second-order valence-electron chi connectivity index (χ2n) is 6.95. The quantitative estimate of drug-likeness (QED) is 0.192. The van der Waals surface area contributed by atoms with E-state index >= 15 is 0 Å². The summed E-state index contributed by atoms with van der Waals surface area (Å²) in [5.74, 6) is -2.04. The van der Waals surface area contributed by atoms with Gasteiger partial charge in [0.25, 0.3) is 5.69 Å². The molecule has 0 N–H and O–H groups in total. The van der Waals surface area contributed by atoms with E-state index in [0.717, 1.165) is 0 Å². The number of esters is 1. The number of alkyl halides is 1. The lowest BCUT2D eigenvalue weighted by Crippen LogP contribution is -2.32. The van der Waals surface area contributed by atoms with Crippen molar-refractivity contribution in [2.75, 3.05) is 17.3 Å². The molecule has 1 aliphatic rings. The van der Waals surface area contributed by atoms with Crippen molar-refractivity contribution in [3.05, 3.63) is 69.2 Å². The van der Waals surface area contributed by atoms with Gasteiger partial charge in [0.2, 0.25) is 11.7 Å². The SMILES string of the molecule is O=C(O[C@@H](CCCl)C(=O)c1ccc(Cl)cc1)[C@H]1CC(=O)N(c2ccc([N+](=O)[O-])cc2)C1. The number of hydrogen-bond acceptors (Lipinski definition) is 6. The number of benzene rings is 2. The van der Waals surface area contributed by atoms with E-state index in [1.54, 1.807) is 12.1 Å². The van der Waals surface area contributed by atoms with Gasteiger partial charge in [-0.3, -0.25) is 24.5 Å². The lowest BCUT2D eigenvalue weighted by Gasteiger charge is -2.19. The fraction of sp³-hybridized carbons (Fsp3) is 0.286. The molecular formula is C21H18Cl2N2O6. The Bertz CT molecular complexity index is 994. The number of ether oxygens (including phenoxy) is 1. The number of amides is 1. The molecule has 10 heteroatoms. The van der Waals surface area contributed by atoms with Gasteiger partial charge in [-0.1, -0.05) is 11.6 Å². The number of ketones is 1. The van der Waals surface area contributed by atoms with Crippen LogP contribution < -0.4 is 4.90 Å². The summed E-state index contributed by atoms with van der Waals surface area (Å²) in [6, 6.07) is 11.7. The number of nitro groups is 1. The molecule has 8 nitrogen and oxygen atoms in total. The highest BCUT2D eigenvalue weighted by Crippen LogP contribution is 2.28. The Morgan fingerprint density at radius 2 is 1.81 bits per heavy atom. The molecule has 1 heterocycles. The predicted molar refractivity (Wildman–Crippen MR) is 115 cm³/mol. The van der Waals surface area contributed by atoms with Crippen molar-refractivity contribution in [2.45, 2.75) is 18.9 Å². The van der Waals surface area contributed by atoms with Gasteiger partial charge in [0.1, 0.15) is 0 Å². The van der Waals surface area contributed by atoms with Gasteiger partial charge in [-0.15, -0.1) is 11.6 Å². The van der Waals surface area contributed by atoms with E-state index in [1.165, 1.54) is 41.3 Å². The average Bonchev–Trinajstić information content (AvgIpc) is 3.15. The highest BCUT2D eigenvalue weighted by molar-refractivity contribution is 6.30. The van der Waals surface area contributed by atoms with Crippen LogP contribution in [0.2, 0.25) is 5.02 Å². The third-order valence-electron chi connectivity index (χ3n) is 4.88. The lowest BCUT2D eigenvalue weighted by atomic mass is 10.0. The van der Waals surface area contributed by atoms with Crippen molar-refractivity contribution in [3.63, 3.8) is 0 Å². The maximum absolute atomic E-state index is 12.7. The molecule has 1 saturated heterocycles. The Hall–Kier alpha value is -2.97. The van der Waals surface area contributed by atoms with Crippen molar-refractivity contribution in [1.82, 2.24) is 0 Å². The normalized spacial score (nSPS) is 16.8. The summed E-state index contributed by atoms with van der Waals surface area (Å²) in [6.07, 6.45) is -1.03. The minimum atomic E-state index is -1.07. The van der Waals surface area contributed by atoms with Crippen LogP contribution in [0.15, 0.2) is 48.5 Å². The van der Waals surface area contributed by atoms with Crippen molar-refractivity contribution in [2.24, 2.45) is 5.92 Å². The third kappa shape index (κ3) is 5.39. The monoisotopic (exact) mass is 464 g/mol. The molecule has 0 aromatic heterocycles. The van der Waals surface area contributed by atoms with Gasteiger partial charge in [-0.05, 0) is 36.4 Å². The summed E-state index contributed by atoms with van der Waals surface area (Å²) < 4.78 is 5.43. The van der Waals surface area contributed by atoms with Gasteiger partial charge in [0.05, 0.1) is 10.8 Å². The van der Waals surface area contributed by atoms with E-state index in [4.69, 9.17) is 27.9 Å². The Balaban J connectivity index is 1.68. The molecule has 1 amide bonds. The van der Waals surface area contributed by atoms with Crippen LogP contribution in [0.4, 0.5) is 11.4 Å². The number of hydrogen-bond donors (Lipinski definition) is 0. The van der Waals surface area contributed by atoms with Crippen LogP contribution >= 0.6 is 23.2 Å². The summed E-state index contributed by atoms with van der Waals surface area (Å²) in [4.78, 5) is 49.4. The number of nitrogens with zero attached hydrogens (tertiary/aromatic N) is 2. The molecule has 0 saturated carbocycles. The summed E-state index contributed by atoms with van der Waals surface area (Å²) in [5.41, 5.74) is 0.679. The first-order valence-electron chi connectivity index (χ1n) is 9.41. The van der Waals surface area contributed by atoms with Crippen molar-refractivity contribution in [1.29, 1.82) is 0 Å². The number of nitro benzene ring substituents is 1. The van der Waals surface area contributed by atoms with Gasteiger partial charge in [0.15, 0.2) is 6.10 Å². The minimum absolute atomic E-state index is 0.0538.